The van der Waals surface area contributed by atoms with Crippen molar-refractivity contribution in [3.05, 3.63) is 22.2 Å². The highest BCUT2D eigenvalue weighted by Crippen LogP contribution is 2.30. The Kier molecular flexibility index (Phi) is 3.64. The van der Waals surface area contributed by atoms with Crippen LogP contribution >= 0.6 is 0 Å². The van der Waals surface area contributed by atoms with Gasteiger partial charge in [0.15, 0.2) is 0 Å². The Morgan fingerprint density at radius 2 is 2.33 bits per heavy atom. The number of nitrogen functional groups attached to an aromatic ring is 1. The van der Waals surface area contributed by atoms with Gasteiger partial charge in [0, 0.05) is 6.54 Å². The molecule has 1 aliphatic rings. The molecule has 0 radical (unpaired) electrons. The number of nitro groups is 1. The third-order valence-electron chi connectivity index (χ3n) is 3.42. The molecule has 0 spiro atoms. The molecule has 98 valence electrons. The Morgan fingerprint density at radius 1 is 1.56 bits per heavy atom. The van der Waals surface area contributed by atoms with Crippen LogP contribution < -0.4 is 11.1 Å². The van der Waals surface area contributed by atoms with E-state index in [1.165, 1.54) is 31.4 Å². The topological polar surface area (TPSA) is 94.1 Å². The van der Waals surface area contributed by atoms with Crippen LogP contribution in [0.2, 0.25) is 0 Å². The largest absolute Gasteiger partial charge is 0.383 e. The predicted octanol–water partition coefficient (Wildman–Crippen LogP) is 2.42. The minimum Gasteiger partial charge on any atom is -0.383 e. The lowest BCUT2D eigenvalue weighted by Crippen LogP contribution is -2.13. The Labute approximate surface area is 106 Å². The van der Waals surface area contributed by atoms with Gasteiger partial charge in [0.2, 0.25) is 0 Å². The molecule has 1 heterocycles. The average Bonchev–Trinajstić information content (AvgIpc) is 2.72. The van der Waals surface area contributed by atoms with E-state index >= 15 is 0 Å². The van der Waals surface area contributed by atoms with E-state index in [-0.39, 0.29) is 11.5 Å². The van der Waals surface area contributed by atoms with Crippen LogP contribution in [-0.2, 0) is 0 Å². The minimum absolute atomic E-state index is 0.0233. The van der Waals surface area contributed by atoms with E-state index in [4.69, 9.17) is 5.73 Å². The minimum atomic E-state index is -0.457. The maximum absolute atomic E-state index is 10.7. The van der Waals surface area contributed by atoms with E-state index in [0.717, 1.165) is 12.5 Å². The number of nitrogens with zero attached hydrogens (tertiary/aromatic N) is 2. The fourth-order valence-electron chi connectivity index (χ4n) is 2.49. The van der Waals surface area contributed by atoms with Crippen molar-refractivity contribution >= 4 is 17.3 Å². The molecule has 0 bridgehead atoms. The predicted molar refractivity (Wildman–Crippen MR) is 70.3 cm³/mol. The Hall–Kier alpha value is -1.85. The van der Waals surface area contributed by atoms with Gasteiger partial charge in [-0.2, -0.15) is 0 Å². The molecule has 6 nitrogen and oxygen atoms in total. The molecule has 2 atom stereocenters. The molecule has 6 heteroatoms. The van der Waals surface area contributed by atoms with Crippen molar-refractivity contribution in [2.45, 2.75) is 26.2 Å². The molecule has 0 aliphatic heterocycles. The van der Waals surface area contributed by atoms with Gasteiger partial charge in [-0.15, -0.1) is 0 Å². The fraction of sp³-hybridized carbons (Fsp3) is 0.583. The summed E-state index contributed by atoms with van der Waals surface area (Å²) in [6.07, 6.45) is 3.67. The average molecular weight is 250 g/mol. The summed E-state index contributed by atoms with van der Waals surface area (Å²) in [5.74, 6) is 2.06. The first-order chi connectivity index (χ1) is 8.54. The number of pyridine rings is 1. The lowest BCUT2D eigenvalue weighted by molar-refractivity contribution is -0.384. The van der Waals surface area contributed by atoms with Crippen LogP contribution in [0, 0.1) is 22.0 Å². The normalized spacial score (nSPS) is 22.9. The van der Waals surface area contributed by atoms with E-state index in [9.17, 15) is 10.1 Å². The van der Waals surface area contributed by atoms with Gasteiger partial charge in [0.05, 0.1) is 17.1 Å². The second-order valence-corrected chi connectivity index (χ2v) is 5.06. The van der Waals surface area contributed by atoms with Crippen molar-refractivity contribution in [2.75, 3.05) is 17.6 Å². The molecular formula is C12H18N4O2. The van der Waals surface area contributed by atoms with E-state index < -0.39 is 4.92 Å². The molecule has 18 heavy (non-hydrogen) atoms. The summed E-state index contributed by atoms with van der Waals surface area (Å²) >= 11 is 0. The van der Waals surface area contributed by atoms with Crippen molar-refractivity contribution in [1.82, 2.24) is 4.98 Å². The Morgan fingerprint density at radius 3 is 2.94 bits per heavy atom. The molecule has 0 aromatic carbocycles. The van der Waals surface area contributed by atoms with Crippen molar-refractivity contribution in [1.29, 1.82) is 0 Å². The van der Waals surface area contributed by atoms with Crippen molar-refractivity contribution < 1.29 is 4.92 Å². The summed E-state index contributed by atoms with van der Waals surface area (Å²) in [7, 11) is 0. The van der Waals surface area contributed by atoms with Crippen LogP contribution in [-0.4, -0.2) is 16.5 Å². The zero-order valence-corrected chi connectivity index (χ0v) is 10.4. The van der Waals surface area contributed by atoms with Crippen LogP contribution in [0.15, 0.2) is 12.1 Å². The number of anilines is 2. The Balaban J connectivity index is 1.98. The van der Waals surface area contributed by atoms with Gasteiger partial charge in [0.1, 0.15) is 11.6 Å². The molecule has 0 amide bonds. The van der Waals surface area contributed by atoms with Crippen molar-refractivity contribution in [3.63, 3.8) is 0 Å². The van der Waals surface area contributed by atoms with Gasteiger partial charge in [-0.05, 0) is 24.7 Å². The summed E-state index contributed by atoms with van der Waals surface area (Å²) < 4.78 is 0. The first kappa shape index (κ1) is 12.6. The number of aromatic nitrogens is 1. The molecule has 1 saturated carbocycles. The lowest BCUT2D eigenvalue weighted by atomic mass is 10.1. The molecule has 0 saturated heterocycles. The molecule has 1 aromatic heterocycles. The van der Waals surface area contributed by atoms with Crippen molar-refractivity contribution in [2.24, 2.45) is 11.8 Å². The van der Waals surface area contributed by atoms with Gasteiger partial charge in [-0.3, -0.25) is 10.1 Å². The van der Waals surface area contributed by atoms with Crippen LogP contribution in [0.25, 0.3) is 0 Å². The number of nitrogens with two attached hydrogens (primary N) is 1. The monoisotopic (exact) mass is 250 g/mol. The smallest absolute Gasteiger partial charge is 0.276 e. The van der Waals surface area contributed by atoms with Crippen LogP contribution in [0.4, 0.5) is 17.3 Å². The maximum Gasteiger partial charge on any atom is 0.276 e. The lowest BCUT2D eigenvalue weighted by Gasteiger charge is -2.11. The second-order valence-electron chi connectivity index (χ2n) is 5.06. The summed E-state index contributed by atoms with van der Waals surface area (Å²) in [4.78, 5) is 14.3. The molecule has 1 fully saturated rings. The van der Waals surface area contributed by atoms with Crippen molar-refractivity contribution in [3.8, 4) is 0 Å². The SMILES string of the molecule is CC1CCC(CNc2cc([N+](=O)[O-])cc(N)n2)C1. The van der Waals surface area contributed by atoms with Crippen LogP contribution in [0.5, 0.6) is 0 Å². The zero-order chi connectivity index (χ0) is 13.1. The van der Waals surface area contributed by atoms with E-state index in [1.807, 2.05) is 0 Å². The summed E-state index contributed by atoms with van der Waals surface area (Å²) in [5, 5.41) is 13.9. The van der Waals surface area contributed by atoms with E-state index in [0.29, 0.717) is 11.7 Å². The Bertz CT molecular complexity index is 450. The fourth-order valence-corrected chi connectivity index (χ4v) is 2.49. The maximum atomic E-state index is 10.7. The van der Waals surface area contributed by atoms with Gasteiger partial charge in [-0.1, -0.05) is 13.3 Å². The van der Waals surface area contributed by atoms with Crippen LogP contribution in [0.1, 0.15) is 26.2 Å². The second kappa shape index (κ2) is 5.20. The first-order valence-electron chi connectivity index (χ1n) is 6.20. The van der Waals surface area contributed by atoms with Gasteiger partial charge in [0.25, 0.3) is 5.69 Å². The number of hydrogen-bond donors (Lipinski definition) is 2. The zero-order valence-electron chi connectivity index (χ0n) is 10.4. The number of hydrogen-bond acceptors (Lipinski definition) is 5. The number of nitrogens with one attached hydrogen (secondary N) is 1. The molecule has 1 aliphatic carbocycles. The molecule has 3 N–H and O–H groups in total. The highest BCUT2D eigenvalue weighted by Gasteiger charge is 2.21. The van der Waals surface area contributed by atoms with Gasteiger partial charge in [-0.25, -0.2) is 4.98 Å². The third kappa shape index (κ3) is 3.09. The third-order valence-corrected chi connectivity index (χ3v) is 3.42. The van der Waals surface area contributed by atoms with E-state index in [2.05, 4.69) is 17.2 Å². The van der Waals surface area contributed by atoms with E-state index in [1.54, 1.807) is 0 Å². The summed E-state index contributed by atoms with van der Waals surface area (Å²) in [6.45, 7) is 3.06. The van der Waals surface area contributed by atoms with Gasteiger partial charge >= 0.3 is 0 Å². The molecular weight excluding hydrogens is 232 g/mol. The molecule has 2 unspecified atom stereocenters. The summed E-state index contributed by atoms with van der Waals surface area (Å²) in [5.41, 5.74) is 5.52. The first-order valence-corrected chi connectivity index (χ1v) is 6.20. The molecule has 1 aromatic rings. The highest BCUT2D eigenvalue weighted by atomic mass is 16.6. The molecule has 2 rings (SSSR count). The highest BCUT2D eigenvalue weighted by molar-refractivity contribution is 5.52. The standard InChI is InChI=1S/C12H18N4O2/c1-8-2-3-9(4-8)7-14-12-6-10(16(17)18)5-11(13)15-12/h5-6,8-9H,2-4,7H2,1H3,(H3,13,14,15). The number of rotatable bonds is 4. The van der Waals surface area contributed by atoms with Crippen LogP contribution in [0.3, 0.4) is 0 Å². The quantitative estimate of drug-likeness (QED) is 0.632. The van der Waals surface area contributed by atoms with Gasteiger partial charge < -0.3 is 11.1 Å². The summed E-state index contributed by atoms with van der Waals surface area (Å²) in [6, 6.07) is 2.69.